The Bertz CT molecular complexity index is 1040. The third-order valence-corrected chi connectivity index (χ3v) is 11.5. The van der Waals surface area contributed by atoms with Crippen LogP contribution in [0.1, 0.15) is 200 Å². The lowest BCUT2D eigenvalue weighted by molar-refractivity contribution is -0.298. The minimum Gasteiger partial charge on any atom is -0.394 e. The summed E-state index contributed by atoms with van der Waals surface area (Å²) in [5.74, 6) is -0.668. The Labute approximate surface area is 340 Å². The predicted molar refractivity (Wildman–Crippen MR) is 219 cm³/mol. The van der Waals surface area contributed by atoms with Crippen LogP contribution in [0.15, 0.2) is 0 Å². The Balaban J connectivity index is 2.57. The van der Waals surface area contributed by atoms with Gasteiger partial charge in [0, 0.05) is 0 Å². The minimum absolute atomic E-state index is 0.266. The van der Waals surface area contributed by atoms with Crippen molar-refractivity contribution in [2.45, 2.75) is 249 Å². The maximum atomic E-state index is 13.1. The molecule has 0 aromatic rings. The zero-order valence-electron chi connectivity index (χ0n) is 35.1. The van der Waals surface area contributed by atoms with Crippen LogP contribution in [0.25, 0.3) is 0 Å². The maximum Gasteiger partial charge on any atom is 0.397 e. The van der Waals surface area contributed by atoms with Gasteiger partial charge < -0.3 is 40.3 Å². The Kier molecular flexibility index (Phi) is 32.1. The Morgan fingerprint density at radius 3 is 1.43 bits per heavy atom. The second kappa shape index (κ2) is 33.8. The molecule has 14 heteroatoms. The highest BCUT2D eigenvalue weighted by atomic mass is 32.3. The molecular weight excluding hydrogens is 743 g/mol. The van der Waals surface area contributed by atoms with Crippen molar-refractivity contribution in [1.29, 1.82) is 0 Å². The minimum atomic E-state index is -5.10. The number of carbonyl (C=O) groups excluding carboxylic acids is 1. The van der Waals surface area contributed by atoms with Crippen molar-refractivity contribution in [1.82, 2.24) is 5.32 Å². The van der Waals surface area contributed by atoms with Crippen LogP contribution in [0.2, 0.25) is 0 Å². The van der Waals surface area contributed by atoms with Gasteiger partial charge in [-0.05, 0) is 12.8 Å². The summed E-state index contributed by atoms with van der Waals surface area (Å²) < 4.78 is 47.5. The van der Waals surface area contributed by atoms with Crippen molar-refractivity contribution in [3.8, 4) is 0 Å². The SMILES string of the molecule is CCCCCCCCCCCCCCCCCC(O)C(=O)NC(COC1OC(CO)C(O)C(OS(=O)(=O)O)C1O)C(O)CCCCCCCCCCCCCC. The molecular formula is C42H83NO12S. The third kappa shape index (κ3) is 26.2. The molecule has 0 aliphatic carbocycles. The second-order valence-corrected chi connectivity index (χ2v) is 17.2. The van der Waals surface area contributed by atoms with Gasteiger partial charge in [-0.15, -0.1) is 0 Å². The van der Waals surface area contributed by atoms with Crippen molar-refractivity contribution in [2.75, 3.05) is 13.2 Å². The number of amides is 1. The van der Waals surface area contributed by atoms with Gasteiger partial charge in [-0.3, -0.25) is 9.35 Å². The summed E-state index contributed by atoms with van der Waals surface area (Å²) in [6.07, 6.45) is 21.5. The van der Waals surface area contributed by atoms with Gasteiger partial charge in [0.2, 0.25) is 5.91 Å². The Morgan fingerprint density at radius 1 is 0.643 bits per heavy atom. The largest absolute Gasteiger partial charge is 0.397 e. The predicted octanol–water partition coefficient (Wildman–Crippen LogP) is 7.19. The van der Waals surface area contributed by atoms with E-state index in [-0.39, 0.29) is 6.42 Å². The van der Waals surface area contributed by atoms with E-state index in [2.05, 4.69) is 23.3 Å². The third-order valence-electron chi connectivity index (χ3n) is 11.0. The second-order valence-electron chi connectivity index (χ2n) is 16.1. The molecule has 0 bridgehead atoms. The fourth-order valence-electron chi connectivity index (χ4n) is 7.41. The lowest BCUT2D eigenvalue weighted by Gasteiger charge is -2.41. The van der Waals surface area contributed by atoms with E-state index >= 15 is 0 Å². The fourth-order valence-corrected chi connectivity index (χ4v) is 7.92. The van der Waals surface area contributed by atoms with Crippen molar-refractivity contribution in [3.63, 3.8) is 0 Å². The van der Waals surface area contributed by atoms with E-state index in [1.54, 1.807) is 0 Å². The molecule has 334 valence electrons. The van der Waals surface area contributed by atoms with Crippen LogP contribution in [0.5, 0.6) is 0 Å². The Morgan fingerprint density at radius 2 is 1.04 bits per heavy atom. The van der Waals surface area contributed by atoms with Crippen LogP contribution in [0.3, 0.4) is 0 Å². The zero-order valence-corrected chi connectivity index (χ0v) is 35.9. The van der Waals surface area contributed by atoms with Crippen molar-refractivity contribution >= 4 is 16.3 Å². The standard InChI is InChI=1S/C42H83NO12S/c1-3-5-7-9-11-13-15-17-18-19-21-23-25-27-29-31-36(46)41(49)43-34(35(45)30-28-26-24-22-20-16-14-12-10-8-6-4-2)33-53-42-39(48)40(55-56(50,51)52)38(47)37(32-44)54-42/h34-40,42,44-48H,3-33H2,1-2H3,(H,43,49)(H,50,51,52). The molecule has 7 N–H and O–H groups in total. The number of hydrogen-bond acceptors (Lipinski definition) is 11. The van der Waals surface area contributed by atoms with Gasteiger partial charge in [0.1, 0.15) is 30.5 Å². The summed E-state index contributed by atoms with van der Waals surface area (Å²) >= 11 is 0. The fraction of sp³-hybridized carbons (Fsp3) is 0.976. The van der Waals surface area contributed by atoms with Gasteiger partial charge in [-0.25, -0.2) is 4.18 Å². The van der Waals surface area contributed by atoms with E-state index < -0.39 is 78.5 Å². The van der Waals surface area contributed by atoms with Gasteiger partial charge >= 0.3 is 10.4 Å². The van der Waals surface area contributed by atoms with E-state index in [9.17, 15) is 38.7 Å². The first-order chi connectivity index (χ1) is 26.9. The summed E-state index contributed by atoms with van der Waals surface area (Å²) in [4.78, 5) is 13.1. The maximum absolute atomic E-state index is 13.1. The van der Waals surface area contributed by atoms with Gasteiger partial charge in [0.15, 0.2) is 6.29 Å². The molecule has 1 heterocycles. The molecule has 0 aromatic carbocycles. The van der Waals surface area contributed by atoms with Crippen molar-refractivity contribution in [3.05, 3.63) is 0 Å². The number of rotatable bonds is 38. The molecule has 1 saturated heterocycles. The first-order valence-electron chi connectivity index (χ1n) is 22.5. The molecule has 0 saturated carbocycles. The first kappa shape index (κ1) is 53.1. The zero-order chi connectivity index (χ0) is 41.4. The van der Waals surface area contributed by atoms with E-state index in [0.717, 1.165) is 38.5 Å². The number of aliphatic hydroxyl groups excluding tert-OH is 5. The number of hydrogen-bond donors (Lipinski definition) is 7. The summed E-state index contributed by atoms with van der Waals surface area (Å²) in [6, 6.07) is -1.03. The van der Waals surface area contributed by atoms with Crippen LogP contribution in [0, 0.1) is 0 Å². The average molecular weight is 826 g/mol. The normalized spacial score (nSPS) is 21.9. The highest BCUT2D eigenvalue weighted by Crippen LogP contribution is 2.26. The smallest absolute Gasteiger partial charge is 0.394 e. The lowest BCUT2D eigenvalue weighted by Crippen LogP contribution is -2.61. The molecule has 1 aliphatic heterocycles. The van der Waals surface area contributed by atoms with Crippen LogP contribution in [-0.2, 0) is 28.9 Å². The number of ether oxygens (including phenoxy) is 2. The lowest BCUT2D eigenvalue weighted by atomic mass is 9.99. The van der Waals surface area contributed by atoms with E-state index in [0.29, 0.717) is 19.3 Å². The van der Waals surface area contributed by atoms with Gasteiger partial charge in [0.05, 0.1) is 25.4 Å². The summed E-state index contributed by atoms with van der Waals surface area (Å²) in [7, 11) is -5.10. The highest BCUT2D eigenvalue weighted by molar-refractivity contribution is 7.80. The summed E-state index contributed by atoms with van der Waals surface area (Å²) in [6.45, 7) is 3.27. The van der Waals surface area contributed by atoms with E-state index in [1.165, 1.54) is 122 Å². The molecule has 0 aromatic heterocycles. The molecule has 56 heavy (non-hydrogen) atoms. The molecule has 1 amide bonds. The highest BCUT2D eigenvalue weighted by Gasteiger charge is 2.48. The molecule has 0 radical (unpaired) electrons. The van der Waals surface area contributed by atoms with E-state index in [1.807, 2.05) is 0 Å². The monoisotopic (exact) mass is 826 g/mol. The number of aliphatic hydroxyl groups is 5. The molecule has 1 fully saturated rings. The number of nitrogens with one attached hydrogen (secondary N) is 1. The molecule has 1 rings (SSSR count). The Hall–Kier alpha value is -0.940. The molecule has 0 spiro atoms. The van der Waals surface area contributed by atoms with Crippen molar-refractivity contribution in [2.24, 2.45) is 0 Å². The van der Waals surface area contributed by atoms with Crippen LogP contribution < -0.4 is 5.32 Å². The van der Waals surface area contributed by atoms with Gasteiger partial charge in [-0.2, -0.15) is 8.42 Å². The number of unbranched alkanes of at least 4 members (excludes halogenated alkanes) is 25. The van der Waals surface area contributed by atoms with Gasteiger partial charge in [0.25, 0.3) is 0 Å². The topological polar surface area (TPSA) is 212 Å². The van der Waals surface area contributed by atoms with E-state index in [4.69, 9.17) is 14.0 Å². The van der Waals surface area contributed by atoms with Crippen LogP contribution in [0.4, 0.5) is 0 Å². The average Bonchev–Trinajstić information content (AvgIpc) is 3.16. The molecule has 13 nitrogen and oxygen atoms in total. The quantitative estimate of drug-likeness (QED) is 0.0244. The molecule has 8 atom stereocenters. The van der Waals surface area contributed by atoms with Gasteiger partial charge in [-0.1, -0.05) is 187 Å². The van der Waals surface area contributed by atoms with Crippen LogP contribution >= 0.6 is 0 Å². The first-order valence-corrected chi connectivity index (χ1v) is 23.9. The van der Waals surface area contributed by atoms with Crippen molar-refractivity contribution < 1.29 is 57.0 Å². The number of carbonyl (C=O) groups is 1. The summed E-state index contributed by atoms with van der Waals surface area (Å²) in [5.41, 5.74) is 0. The van der Waals surface area contributed by atoms with Crippen LogP contribution in [-0.4, -0.2) is 107 Å². The molecule has 1 aliphatic rings. The molecule has 8 unspecified atom stereocenters. The summed E-state index contributed by atoms with van der Waals surface area (Å²) in [5, 5.41) is 55.2.